The molecule has 0 radical (unpaired) electrons. The normalized spacial score (nSPS) is 10.6. The minimum Gasteiger partial charge on any atom is -0.380 e. The van der Waals surface area contributed by atoms with Gasteiger partial charge in [-0.05, 0) is 30.2 Å². The number of anilines is 1. The minimum absolute atomic E-state index is 0.574. The topological polar surface area (TPSA) is 17.0 Å². The summed E-state index contributed by atoms with van der Waals surface area (Å²) in [5.41, 5.74) is 2.10. The Bertz CT molecular complexity index is 520. The van der Waals surface area contributed by atoms with Crippen LogP contribution in [0.4, 0.5) is 5.69 Å². The van der Waals surface area contributed by atoms with Crippen molar-refractivity contribution in [2.24, 2.45) is 0 Å². The van der Waals surface area contributed by atoms with Gasteiger partial charge >= 0.3 is 0 Å². The molecule has 0 spiro atoms. The van der Waals surface area contributed by atoms with E-state index in [2.05, 4.69) is 35.3 Å². The lowest BCUT2D eigenvalue weighted by atomic mass is 10.3. The second kappa shape index (κ2) is 6.17. The van der Waals surface area contributed by atoms with Gasteiger partial charge in [0.15, 0.2) is 0 Å². The van der Waals surface area contributed by atoms with Crippen LogP contribution < -0.4 is 5.32 Å². The summed E-state index contributed by atoms with van der Waals surface area (Å²) in [4.78, 5) is 0. The summed E-state index contributed by atoms with van der Waals surface area (Å²) in [6.07, 6.45) is 5.39. The first-order chi connectivity index (χ1) is 8.70. The Balaban J connectivity index is 2.00. The van der Waals surface area contributed by atoms with E-state index in [-0.39, 0.29) is 0 Å². The predicted octanol–water partition coefficient (Wildman–Crippen LogP) is 4.82. The van der Waals surface area contributed by atoms with Crippen LogP contribution in [0.5, 0.6) is 0 Å². The van der Waals surface area contributed by atoms with E-state index >= 15 is 0 Å². The summed E-state index contributed by atoms with van der Waals surface area (Å²) in [5.74, 6) is 0. The predicted molar refractivity (Wildman–Crippen MR) is 78.5 cm³/mol. The molecular weight excluding hydrogens is 267 g/mol. The van der Waals surface area contributed by atoms with E-state index in [1.165, 1.54) is 5.56 Å². The van der Waals surface area contributed by atoms with Crippen LogP contribution in [0.3, 0.4) is 0 Å². The fourth-order valence-electron chi connectivity index (χ4n) is 1.83. The van der Waals surface area contributed by atoms with Gasteiger partial charge in [0.25, 0.3) is 0 Å². The first kappa shape index (κ1) is 13.3. The summed E-state index contributed by atoms with van der Waals surface area (Å²) in [6.45, 7) is 3.97. The smallest absolute Gasteiger partial charge is 0.0823 e. The third-order valence-corrected chi connectivity index (χ3v) is 3.55. The van der Waals surface area contributed by atoms with Crippen molar-refractivity contribution in [2.45, 2.75) is 26.4 Å². The van der Waals surface area contributed by atoms with Crippen molar-refractivity contribution in [3.8, 4) is 0 Å². The van der Waals surface area contributed by atoms with Crippen LogP contribution in [0, 0.1) is 0 Å². The molecule has 0 saturated carbocycles. The number of hydrogen-bond donors (Lipinski definition) is 1. The lowest BCUT2D eigenvalue weighted by Gasteiger charge is -2.08. The number of hydrogen-bond acceptors (Lipinski definition) is 1. The average Bonchev–Trinajstić information content (AvgIpc) is 2.79. The van der Waals surface area contributed by atoms with Crippen LogP contribution >= 0.6 is 23.2 Å². The highest BCUT2D eigenvalue weighted by Crippen LogP contribution is 2.29. The van der Waals surface area contributed by atoms with Gasteiger partial charge in [-0.25, -0.2) is 0 Å². The highest BCUT2D eigenvalue weighted by Gasteiger charge is 2.04. The molecular formula is C14H16Cl2N2. The van der Waals surface area contributed by atoms with Crippen molar-refractivity contribution < 1.29 is 0 Å². The molecule has 96 valence electrons. The number of halogens is 2. The molecule has 0 bridgehead atoms. The lowest BCUT2D eigenvalue weighted by molar-refractivity contribution is 0.682. The van der Waals surface area contributed by atoms with E-state index in [1.54, 1.807) is 6.07 Å². The van der Waals surface area contributed by atoms with Crippen LogP contribution in [0.25, 0.3) is 0 Å². The molecule has 0 amide bonds. The van der Waals surface area contributed by atoms with Gasteiger partial charge in [-0.3, -0.25) is 0 Å². The zero-order valence-electron chi connectivity index (χ0n) is 10.3. The van der Waals surface area contributed by atoms with Crippen LogP contribution in [0.2, 0.25) is 10.0 Å². The van der Waals surface area contributed by atoms with Crippen LogP contribution in [-0.2, 0) is 13.1 Å². The SMILES string of the molecule is CCCn1ccc(CNc2cccc(Cl)c2Cl)c1. The molecule has 18 heavy (non-hydrogen) atoms. The van der Waals surface area contributed by atoms with Crippen molar-refractivity contribution >= 4 is 28.9 Å². The number of nitrogens with one attached hydrogen (secondary N) is 1. The Morgan fingerprint density at radius 1 is 1.22 bits per heavy atom. The fourth-order valence-corrected chi connectivity index (χ4v) is 2.20. The lowest BCUT2D eigenvalue weighted by Crippen LogP contribution is -1.99. The summed E-state index contributed by atoms with van der Waals surface area (Å²) >= 11 is 12.1. The third kappa shape index (κ3) is 3.21. The summed E-state index contributed by atoms with van der Waals surface area (Å²) < 4.78 is 2.19. The number of aryl methyl sites for hydroxylation is 1. The van der Waals surface area contributed by atoms with Gasteiger partial charge in [0.2, 0.25) is 0 Å². The van der Waals surface area contributed by atoms with Crippen molar-refractivity contribution in [2.75, 3.05) is 5.32 Å². The maximum Gasteiger partial charge on any atom is 0.0823 e. The van der Waals surface area contributed by atoms with Gasteiger partial charge < -0.3 is 9.88 Å². The van der Waals surface area contributed by atoms with Gasteiger partial charge in [-0.15, -0.1) is 0 Å². The highest BCUT2D eigenvalue weighted by molar-refractivity contribution is 6.43. The number of nitrogens with zero attached hydrogens (tertiary/aromatic N) is 1. The number of aromatic nitrogens is 1. The second-order valence-electron chi connectivity index (χ2n) is 4.21. The van der Waals surface area contributed by atoms with Gasteiger partial charge in [-0.1, -0.05) is 36.2 Å². The molecule has 4 heteroatoms. The molecule has 1 aromatic heterocycles. The summed E-state index contributed by atoms with van der Waals surface area (Å²) in [5, 5.41) is 4.45. The van der Waals surface area contributed by atoms with Gasteiger partial charge in [0.05, 0.1) is 15.7 Å². The standard InChI is InChI=1S/C14H16Cl2N2/c1-2-7-18-8-6-11(10-18)9-17-13-5-3-4-12(15)14(13)16/h3-6,8,10,17H,2,7,9H2,1H3. The molecule has 0 aliphatic rings. The Morgan fingerprint density at radius 2 is 2.06 bits per heavy atom. The zero-order valence-corrected chi connectivity index (χ0v) is 11.8. The van der Waals surface area contributed by atoms with Crippen LogP contribution in [0.15, 0.2) is 36.7 Å². The Labute approximate surface area is 118 Å². The molecule has 2 rings (SSSR count). The average molecular weight is 283 g/mol. The first-order valence-electron chi connectivity index (χ1n) is 6.03. The molecule has 1 aromatic carbocycles. The Kier molecular flexibility index (Phi) is 4.56. The summed E-state index contributed by atoms with van der Waals surface area (Å²) in [7, 11) is 0. The van der Waals surface area contributed by atoms with Crippen molar-refractivity contribution in [1.82, 2.24) is 4.57 Å². The molecule has 1 N–H and O–H groups in total. The molecule has 0 atom stereocenters. The van der Waals surface area contributed by atoms with E-state index in [9.17, 15) is 0 Å². The Morgan fingerprint density at radius 3 is 2.83 bits per heavy atom. The number of rotatable bonds is 5. The number of benzene rings is 1. The molecule has 1 heterocycles. The minimum atomic E-state index is 0.574. The van der Waals surface area contributed by atoms with Gasteiger partial charge in [-0.2, -0.15) is 0 Å². The quantitative estimate of drug-likeness (QED) is 0.832. The largest absolute Gasteiger partial charge is 0.380 e. The van der Waals surface area contributed by atoms with E-state index in [0.717, 1.165) is 25.2 Å². The van der Waals surface area contributed by atoms with Crippen molar-refractivity contribution in [1.29, 1.82) is 0 Å². The third-order valence-electron chi connectivity index (χ3n) is 2.73. The van der Waals surface area contributed by atoms with Crippen molar-refractivity contribution in [3.63, 3.8) is 0 Å². The summed E-state index contributed by atoms with van der Waals surface area (Å²) in [6, 6.07) is 7.71. The molecule has 0 saturated heterocycles. The molecule has 0 unspecified atom stereocenters. The molecule has 0 fully saturated rings. The monoisotopic (exact) mass is 282 g/mol. The van der Waals surface area contributed by atoms with E-state index in [0.29, 0.717) is 10.0 Å². The van der Waals surface area contributed by atoms with Gasteiger partial charge in [0, 0.05) is 25.5 Å². The molecule has 0 aliphatic heterocycles. The second-order valence-corrected chi connectivity index (χ2v) is 5.00. The Hall–Kier alpha value is -1.12. The fraction of sp³-hybridized carbons (Fsp3) is 0.286. The van der Waals surface area contributed by atoms with Crippen molar-refractivity contribution in [3.05, 3.63) is 52.3 Å². The van der Waals surface area contributed by atoms with E-state index in [4.69, 9.17) is 23.2 Å². The molecule has 0 aliphatic carbocycles. The maximum atomic E-state index is 6.11. The van der Waals surface area contributed by atoms with E-state index in [1.807, 2.05) is 12.1 Å². The molecule has 2 nitrogen and oxygen atoms in total. The molecule has 2 aromatic rings. The van der Waals surface area contributed by atoms with Crippen LogP contribution in [0.1, 0.15) is 18.9 Å². The zero-order chi connectivity index (χ0) is 13.0. The van der Waals surface area contributed by atoms with E-state index < -0.39 is 0 Å². The highest BCUT2D eigenvalue weighted by atomic mass is 35.5. The first-order valence-corrected chi connectivity index (χ1v) is 6.79. The van der Waals surface area contributed by atoms with Gasteiger partial charge in [0.1, 0.15) is 0 Å². The van der Waals surface area contributed by atoms with Crippen LogP contribution in [-0.4, -0.2) is 4.57 Å². The maximum absolute atomic E-state index is 6.11.